The molecular weight excluding hydrogens is 338 g/mol. The molecule has 0 saturated heterocycles. The Bertz CT molecular complexity index is 682. The van der Waals surface area contributed by atoms with Crippen molar-refractivity contribution < 1.29 is 0 Å². The fourth-order valence-electron chi connectivity index (χ4n) is 2.85. The van der Waals surface area contributed by atoms with E-state index in [1.165, 1.54) is 15.4 Å². The Labute approximate surface area is 164 Å². The van der Waals surface area contributed by atoms with Crippen molar-refractivity contribution in [2.45, 2.75) is 61.3 Å². The van der Waals surface area contributed by atoms with Crippen molar-refractivity contribution in [2.75, 3.05) is 18.4 Å². The van der Waals surface area contributed by atoms with Crippen molar-refractivity contribution in [1.29, 1.82) is 0 Å². The van der Waals surface area contributed by atoms with E-state index in [1.807, 2.05) is 27.7 Å². The molecule has 0 radical (unpaired) electrons. The molecule has 0 fully saturated rings. The molecule has 0 bridgehead atoms. The number of thiophene rings is 1. The molecule has 0 unspecified atom stereocenters. The van der Waals surface area contributed by atoms with E-state index < -0.39 is 0 Å². The van der Waals surface area contributed by atoms with Crippen LogP contribution in [0.15, 0.2) is 35.3 Å². The molecule has 2 heterocycles. The number of anilines is 2. The molecule has 144 valence electrons. The maximum absolute atomic E-state index is 5.02. The van der Waals surface area contributed by atoms with Crippen LogP contribution in [-0.2, 0) is 0 Å². The first-order chi connectivity index (χ1) is 12.7. The highest BCUT2D eigenvalue weighted by Gasteiger charge is 2.22. The summed E-state index contributed by atoms with van der Waals surface area (Å²) in [7, 11) is 0. The number of rotatable bonds is 4. The summed E-state index contributed by atoms with van der Waals surface area (Å²) >= 11 is 1.81. The highest BCUT2D eigenvalue weighted by atomic mass is 32.1. The number of hydrogen-bond acceptors (Lipinski definition) is 4. The first-order valence-corrected chi connectivity index (χ1v) is 10.8. The Hall–Kier alpha value is -1.81. The number of fused-ring (bicyclic) bond motifs is 2. The summed E-state index contributed by atoms with van der Waals surface area (Å²) in [6.07, 6.45) is 2.26. The van der Waals surface area contributed by atoms with E-state index in [-0.39, 0.29) is 0 Å². The van der Waals surface area contributed by atoms with Crippen LogP contribution >= 0.6 is 11.3 Å². The van der Waals surface area contributed by atoms with Gasteiger partial charge in [-0.15, -0.1) is 11.3 Å². The van der Waals surface area contributed by atoms with E-state index >= 15 is 0 Å². The molecule has 3 nitrogen and oxygen atoms in total. The molecule has 0 saturated carbocycles. The zero-order chi connectivity index (χ0) is 19.5. The third kappa shape index (κ3) is 5.34. The lowest BCUT2D eigenvalue weighted by Crippen LogP contribution is -2.33. The van der Waals surface area contributed by atoms with Gasteiger partial charge in [0.1, 0.15) is 10.8 Å². The maximum atomic E-state index is 5.02. The summed E-state index contributed by atoms with van der Waals surface area (Å²) in [5.41, 5.74) is 3.35. The second kappa shape index (κ2) is 11.7. The Morgan fingerprint density at radius 2 is 1.62 bits per heavy atom. The summed E-state index contributed by atoms with van der Waals surface area (Å²) in [6.45, 7) is 16.7. The van der Waals surface area contributed by atoms with Crippen LogP contribution in [0.2, 0.25) is 0 Å². The quantitative estimate of drug-likeness (QED) is 0.606. The second-order valence-corrected chi connectivity index (χ2v) is 6.92. The molecule has 0 spiro atoms. The number of aliphatic imine (C=N–C) groups is 1. The molecule has 26 heavy (non-hydrogen) atoms. The van der Waals surface area contributed by atoms with Gasteiger partial charge in [-0.2, -0.15) is 0 Å². The Balaban J connectivity index is 0.000000791. The standard InChI is InChI=1S/C18H23N3S.2C2H6/c1-4-10-21(11-5-2)17-14-12-13(3)22-18(14)20-16-9-7-6-8-15(16)19-17;2*1-2/h6-9,12,20H,4-5,10-11H2,1-3H3;2*1-2H3. The Morgan fingerprint density at radius 3 is 2.23 bits per heavy atom. The summed E-state index contributed by atoms with van der Waals surface area (Å²) in [4.78, 5) is 8.76. The second-order valence-electron chi connectivity index (χ2n) is 5.66. The molecule has 0 aliphatic carbocycles. The highest BCUT2D eigenvalue weighted by molar-refractivity contribution is 7.16. The van der Waals surface area contributed by atoms with Gasteiger partial charge >= 0.3 is 0 Å². The lowest BCUT2D eigenvalue weighted by atomic mass is 10.2. The van der Waals surface area contributed by atoms with Gasteiger partial charge in [-0.05, 0) is 38.0 Å². The van der Waals surface area contributed by atoms with E-state index in [2.05, 4.69) is 61.3 Å². The van der Waals surface area contributed by atoms with Gasteiger partial charge in [0.25, 0.3) is 0 Å². The van der Waals surface area contributed by atoms with Crippen LogP contribution in [0.3, 0.4) is 0 Å². The van der Waals surface area contributed by atoms with Crippen LogP contribution in [0.25, 0.3) is 0 Å². The van der Waals surface area contributed by atoms with Crippen LogP contribution in [0.1, 0.15) is 64.8 Å². The molecule has 1 aromatic carbocycles. The van der Waals surface area contributed by atoms with E-state index in [0.29, 0.717) is 0 Å². The van der Waals surface area contributed by atoms with Gasteiger partial charge < -0.3 is 10.2 Å². The van der Waals surface area contributed by atoms with Gasteiger partial charge in [-0.3, -0.25) is 0 Å². The number of para-hydroxylation sites is 2. The van der Waals surface area contributed by atoms with Crippen LogP contribution in [0, 0.1) is 6.92 Å². The van der Waals surface area contributed by atoms with E-state index in [9.17, 15) is 0 Å². The third-order valence-corrected chi connectivity index (χ3v) is 4.73. The van der Waals surface area contributed by atoms with E-state index in [4.69, 9.17) is 4.99 Å². The van der Waals surface area contributed by atoms with Crippen molar-refractivity contribution in [2.24, 2.45) is 4.99 Å². The minimum atomic E-state index is 1.02. The molecule has 1 N–H and O–H groups in total. The molecule has 1 aliphatic heterocycles. The molecule has 0 amide bonds. The van der Waals surface area contributed by atoms with Crippen LogP contribution in [0.4, 0.5) is 16.4 Å². The van der Waals surface area contributed by atoms with Crippen molar-refractivity contribution in [3.05, 3.63) is 40.8 Å². The molecule has 3 rings (SSSR count). The van der Waals surface area contributed by atoms with Gasteiger partial charge in [0.15, 0.2) is 0 Å². The number of nitrogens with zero attached hydrogens (tertiary/aromatic N) is 2. The number of nitrogens with one attached hydrogen (secondary N) is 1. The predicted molar refractivity (Wildman–Crippen MR) is 120 cm³/mol. The summed E-state index contributed by atoms with van der Waals surface area (Å²) < 4.78 is 0. The SMILES string of the molecule is CC.CC.CCCN(CCC)C1=Nc2ccccc2Nc2sc(C)cc21. The lowest BCUT2D eigenvalue weighted by molar-refractivity contribution is 0.418. The Morgan fingerprint density at radius 1 is 1.00 bits per heavy atom. The molecular formula is C22H35N3S. The molecule has 2 aromatic rings. The average molecular weight is 374 g/mol. The lowest BCUT2D eigenvalue weighted by Gasteiger charge is -2.25. The first-order valence-electron chi connectivity index (χ1n) is 10.0. The summed E-state index contributed by atoms with van der Waals surface area (Å²) in [6, 6.07) is 10.6. The van der Waals surface area contributed by atoms with Crippen molar-refractivity contribution in [3.8, 4) is 0 Å². The number of aryl methyl sites for hydroxylation is 1. The van der Waals surface area contributed by atoms with Crippen LogP contribution < -0.4 is 5.32 Å². The monoisotopic (exact) mass is 373 g/mol. The molecule has 1 aromatic heterocycles. The zero-order valence-electron chi connectivity index (χ0n) is 17.5. The summed E-state index contributed by atoms with van der Waals surface area (Å²) in [5.74, 6) is 1.11. The van der Waals surface area contributed by atoms with Gasteiger partial charge in [0.05, 0.1) is 16.9 Å². The topological polar surface area (TPSA) is 27.6 Å². The molecule has 0 atom stereocenters. The fraction of sp³-hybridized carbons (Fsp3) is 0.500. The predicted octanol–water partition coefficient (Wildman–Crippen LogP) is 7.37. The van der Waals surface area contributed by atoms with E-state index in [0.717, 1.165) is 43.1 Å². The van der Waals surface area contributed by atoms with Gasteiger partial charge in [0, 0.05) is 18.0 Å². The van der Waals surface area contributed by atoms with E-state index in [1.54, 1.807) is 11.3 Å². The smallest absolute Gasteiger partial charge is 0.139 e. The molecule has 4 heteroatoms. The number of benzene rings is 1. The maximum Gasteiger partial charge on any atom is 0.139 e. The zero-order valence-corrected chi connectivity index (χ0v) is 18.3. The van der Waals surface area contributed by atoms with Gasteiger partial charge in [-0.25, -0.2) is 4.99 Å². The minimum absolute atomic E-state index is 1.02. The average Bonchev–Trinajstić information content (AvgIpc) is 2.96. The Kier molecular flexibility index (Phi) is 10.0. The van der Waals surface area contributed by atoms with Gasteiger partial charge in [-0.1, -0.05) is 53.7 Å². The normalized spacial score (nSPS) is 11.3. The van der Waals surface area contributed by atoms with Crippen LogP contribution in [-0.4, -0.2) is 23.8 Å². The third-order valence-electron chi connectivity index (χ3n) is 3.76. The van der Waals surface area contributed by atoms with Crippen molar-refractivity contribution >= 4 is 33.5 Å². The van der Waals surface area contributed by atoms with Crippen molar-refractivity contribution in [3.63, 3.8) is 0 Å². The first kappa shape index (κ1) is 22.2. The number of hydrogen-bond donors (Lipinski definition) is 1. The molecule has 1 aliphatic rings. The highest BCUT2D eigenvalue weighted by Crippen LogP contribution is 2.39. The fourth-order valence-corrected chi connectivity index (χ4v) is 3.77. The van der Waals surface area contributed by atoms with Gasteiger partial charge in [0.2, 0.25) is 0 Å². The van der Waals surface area contributed by atoms with Crippen molar-refractivity contribution in [1.82, 2.24) is 4.90 Å². The minimum Gasteiger partial charge on any atom is -0.356 e. The largest absolute Gasteiger partial charge is 0.356 e. The summed E-state index contributed by atoms with van der Waals surface area (Å²) in [5, 5.41) is 4.78. The van der Waals surface area contributed by atoms with Crippen LogP contribution in [0.5, 0.6) is 0 Å². The number of amidine groups is 1.